The van der Waals surface area contributed by atoms with E-state index in [1.54, 1.807) is 0 Å². The third-order valence-electron chi connectivity index (χ3n) is 5.71. The number of hydrogen-bond acceptors (Lipinski definition) is 4. The standard InChI is InChI=1S/C21H19F4NO4S/c22-16-4-1-14(2-5-16)13-31(28,29)26-9-7-20(8-10-26)12-18(27)17-6-3-15(21(23,24)25)11-19(17)30-20/h1-6,11H,7-10,12-13H2. The van der Waals surface area contributed by atoms with Crippen LogP contribution in [0.15, 0.2) is 42.5 Å². The van der Waals surface area contributed by atoms with Crippen LogP contribution in [0.25, 0.3) is 0 Å². The third kappa shape index (κ3) is 4.45. The van der Waals surface area contributed by atoms with E-state index < -0.39 is 33.2 Å². The number of nitrogens with zero attached hydrogens (tertiary/aromatic N) is 1. The van der Waals surface area contributed by atoms with Crippen LogP contribution >= 0.6 is 0 Å². The van der Waals surface area contributed by atoms with Gasteiger partial charge in [0.1, 0.15) is 17.2 Å². The van der Waals surface area contributed by atoms with Gasteiger partial charge in [-0.1, -0.05) is 12.1 Å². The molecule has 0 atom stereocenters. The first-order valence-electron chi connectivity index (χ1n) is 9.63. The van der Waals surface area contributed by atoms with Gasteiger partial charge in [-0.3, -0.25) is 4.79 Å². The second kappa shape index (κ2) is 7.59. The van der Waals surface area contributed by atoms with Crippen molar-refractivity contribution in [2.45, 2.75) is 36.8 Å². The van der Waals surface area contributed by atoms with Crippen molar-refractivity contribution in [1.29, 1.82) is 0 Å². The van der Waals surface area contributed by atoms with Gasteiger partial charge < -0.3 is 4.74 Å². The highest BCUT2D eigenvalue weighted by Crippen LogP contribution is 2.42. The van der Waals surface area contributed by atoms with Crippen LogP contribution in [0, 0.1) is 5.82 Å². The summed E-state index contributed by atoms with van der Waals surface area (Å²) in [4.78, 5) is 12.5. The fourth-order valence-corrected chi connectivity index (χ4v) is 5.54. The summed E-state index contributed by atoms with van der Waals surface area (Å²) in [5.41, 5.74) is -1.39. The average molecular weight is 457 g/mol. The molecule has 2 aliphatic heterocycles. The molecule has 2 heterocycles. The van der Waals surface area contributed by atoms with Gasteiger partial charge >= 0.3 is 6.18 Å². The van der Waals surface area contributed by atoms with Gasteiger partial charge in [0.2, 0.25) is 10.0 Å². The molecular weight excluding hydrogens is 438 g/mol. The molecule has 0 N–H and O–H groups in total. The van der Waals surface area contributed by atoms with Crippen LogP contribution in [-0.2, 0) is 22.0 Å². The van der Waals surface area contributed by atoms with Gasteiger partial charge in [0.05, 0.1) is 23.3 Å². The first-order chi connectivity index (χ1) is 14.5. The molecule has 1 spiro atoms. The summed E-state index contributed by atoms with van der Waals surface area (Å²) in [6.07, 6.45) is -4.23. The molecule has 1 fully saturated rings. The highest BCUT2D eigenvalue weighted by atomic mass is 32.2. The summed E-state index contributed by atoms with van der Waals surface area (Å²) in [7, 11) is -3.68. The molecule has 31 heavy (non-hydrogen) atoms. The number of sulfonamides is 1. The predicted molar refractivity (Wildman–Crippen MR) is 104 cm³/mol. The summed E-state index contributed by atoms with van der Waals surface area (Å²) in [6.45, 7) is 0.149. The largest absolute Gasteiger partial charge is 0.486 e. The third-order valence-corrected chi connectivity index (χ3v) is 7.56. The average Bonchev–Trinajstić information content (AvgIpc) is 2.69. The maximum Gasteiger partial charge on any atom is 0.416 e. The van der Waals surface area contributed by atoms with Crippen LogP contribution in [0.5, 0.6) is 5.75 Å². The van der Waals surface area contributed by atoms with Crippen molar-refractivity contribution in [2.75, 3.05) is 13.1 Å². The monoisotopic (exact) mass is 457 g/mol. The van der Waals surface area contributed by atoms with Gasteiger partial charge in [-0.15, -0.1) is 0 Å². The Bertz CT molecular complexity index is 1110. The maximum absolute atomic E-state index is 13.0. The van der Waals surface area contributed by atoms with E-state index in [0.29, 0.717) is 5.56 Å². The number of ketones is 1. The van der Waals surface area contributed by atoms with Gasteiger partial charge in [-0.05, 0) is 35.9 Å². The molecule has 5 nitrogen and oxygen atoms in total. The van der Waals surface area contributed by atoms with E-state index >= 15 is 0 Å². The summed E-state index contributed by atoms with van der Waals surface area (Å²) < 4.78 is 84.8. The number of piperidine rings is 1. The summed E-state index contributed by atoms with van der Waals surface area (Å²) in [5.74, 6) is -1.20. The lowest BCUT2D eigenvalue weighted by atomic mass is 9.83. The number of ether oxygens (including phenoxy) is 1. The van der Waals surface area contributed by atoms with E-state index in [0.717, 1.165) is 18.2 Å². The quantitative estimate of drug-likeness (QED) is 0.649. The number of hydrogen-bond donors (Lipinski definition) is 0. The fraction of sp³-hybridized carbons (Fsp3) is 0.381. The van der Waals surface area contributed by atoms with Gasteiger partial charge in [-0.2, -0.15) is 13.2 Å². The van der Waals surface area contributed by atoms with Crippen molar-refractivity contribution in [3.8, 4) is 5.75 Å². The summed E-state index contributed by atoms with van der Waals surface area (Å²) in [6, 6.07) is 7.96. The lowest BCUT2D eigenvalue weighted by molar-refractivity contribution is -0.137. The Kier molecular flexibility index (Phi) is 5.33. The molecule has 2 aromatic carbocycles. The van der Waals surface area contributed by atoms with E-state index in [1.807, 2.05) is 0 Å². The summed E-state index contributed by atoms with van der Waals surface area (Å²) in [5, 5.41) is 0. The minimum Gasteiger partial charge on any atom is -0.486 e. The second-order valence-electron chi connectivity index (χ2n) is 7.88. The van der Waals surface area contributed by atoms with Crippen molar-refractivity contribution in [3.05, 3.63) is 65.0 Å². The molecule has 4 rings (SSSR count). The van der Waals surface area contributed by atoms with Gasteiger partial charge in [0.25, 0.3) is 0 Å². The van der Waals surface area contributed by atoms with Crippen LogP contribution in [0.1, 0.15) is 40.7 Å². The number of carbonyl (C=O) groups is 1. The van der Waals surface area contributed by atoms with E-state index in [4.69, 9.17) is 4.74 Å². The zero-order valence-electron chi connectivity index (χ0n) is 16.3. The lowest BCUT2D eigenvalue weighted by Gasteiger charge is -2.43. The van der Waals surface area contributed by atoms with Crippen molar-refractivity contribution < 1.29 is 35.5 Å². The number of alkyl halides is 3. The zero-order valence-corrected chi connectivity index (χ0v) is 17.1. The van der Waals surface area contributed by atoms with Crippen LogP contribution in [0.4, 0.5) is 17.6 Å². The highest BCUT2D eigenvalue weighted by Gasteiger charge is 2.45. The zero-order chi connectivity index (χ0) is 22.4. The Balaban J connectivity index is 1.49. The second-order valence-corrected chi connectivity index (χ2v) is 9.84. The van der Waals surface area contributed by atoms with Crippen molar-refractivity contribution >= 4 is 15.8 Å². The Hall–Kier alpha value is -2.46. The Morgan fingerprint density at radius 1 is 1.03 bits per heavy atom. The van der Waals surface area contributed by atoms with E-state index in [-0.39, 0.29) is 55.2 Å². The minimum absolute atomic E-state index is 0.0167. The van der Waals surface area contributed by atoms with Crippen LogP contribution in [-0.4, -0.2) is 37.2 Å². The number of halogens is 4. The summed E-state index contributed by atoms with van der Waals surface area (Å²) >= 11 is 0. The van der Waals surface area contributed by atoms with Crippen molar-refractivity contribution in [1.82, 2.24) is 4.31 Å². The molecule has 0 aromatic heterocycles. The normalized spacial score (nSPS) is 19.2. The SMILES string of the molecule is O=C1CC2(CCN(S(=O)(=O)Cc3ccc(F)cc3)CC2)Oc2cc(C(F)(F)F)ccc21. The molecule has 0 aliphatic carbocycles. The topological polar surface area (TPSA) is 63.7 Å². The molecule has 0 amide bonds. The van der Waals surface area contributed by atoms with Crippen molar-refractivity contribution in [2.24, 2.45) is 0 Å². The predicted octanol–water partition coefficient (Wildman–Crippen LogP) is 4.17. The Morgan fingerprint density at radius 3 is 2.29 bits per heavy atom. The molecular formula is C21H19F4NO4S. The highest BCUT2D eigenvalue weighted by molar-refractivity contribution is 7.88. The maximum atomic E-state index is 13.0. The smallest absolute Gasteiger partial charge is 0.416 e. The molecule has 0 radical (unpaired) electrons. The van der Waals surface area contributed by atoms with Crippen molar-refractivity contribution in [3.63, 3.8) is 0 Å². The number of Topliss-reactive ketones (excluding diaryl/α,β-unsaturated/α-hetero) is 1. The molecule has 0 bridgehead atoms. The number of rotatable bonds is 3. The molecule has 0 saturated carbocycles. The van der Waals surface area contributed by atoms with Crippen LogP contribution in [0.3, 0.4) is 0 Å². The first-order valence-corrected chi connectivity index (χ1v) is 11.2. The molecule has 166 valence electrons. The van der Waals surface area contributed by atoms with Crippen LogP contribution < -0.4 is 4.74 Å². The minimum atomic E-state index is -4.57. The lowest BCUT2D eigenvalue weighted by Crippen LogP contribution is -2.52. The van der Waals surface area contributed by atoms with Gasteiger partial charge in [0, 0.05) is 25.9 Å². The molecule has 0 unspecified atom stereocenters. The molecule has 10 heteroatoms. The van der Waals surface area contributed by atoms with Gasteiger partial charge in [-0.25, -0.2) is 17.1 Å². The molecule has 2 aromatic rings. The molecule has 2 aliphatic rings. The van der Waals surface area contributed by atoms with E-state index in [2.05, 4.69) is 0 Å². The number of benzene rings is 2. The Labute approximate surface area is 176 Å². The van der Waals surface area contributed by atoms with E-state index in [9.17, 15) is 30.8 Å². The molecule has 1 saturated heterocycles. The fourth-order valence-electron chi connectivity index (χ4n) is 4.00. The first kappa shape index (κ1) is 21.8. The Morgan fingerprint density at radius 2 is 1.68 bits per heavy atom. The van der Waals surface area contributed by atoms with E-state index in [1.165, 1.54) is 28.6 Å². The number of fused-ring (bicyclic) bond motifs is 1. The number of carbonyl (C=O) groups excluding carboxylic acids is 1. The van der Waals surface area contributed by atoms with Crippen LogP contribution in [0.2, 0.25) is 0 Å². The van der Waals surface area contributed by atoms with Gasteiger partial charge in [0.15, 0.2) is 5.78 Å².